The molecular formula is C7H12F5O4P. The van der Waals surface area contributed by atoms with Crippen LogP contribution in [-0.2, 0) is 18.1 Å². The summed E-state index contributed by atoms with van der Waals surface area (Å²) in [6.45, 7) is 2.05. The van der Waals surface area contributed by atoms with Crippen molar-refractivity contribution in [3.05, 3.63) is 0 Å². The van der Waals surface area contributed by atoms with Crippen molar-refractivity contribution in [3.63, 3.8) is 0 Å². The van der Waals surface area contributed by atoms with Crippen molar-refractivity contribution in [2.45, 2.75) is 32.6 Å². The summed E-state index contributed by atoms with van der Waals surface area (Å²) in [5.41, 5.74) is 0. The van der Waals surface area contributed by atoms with E-state index in [9.17, 15) is 26.5 Å². The van der Waals surface area contributed by atoms with Gasteiger partial charge in [-0.05, 0) is 13.8 Å². The summed E-state index contributed by atoms with van der Waals surface area (Å²) in [5, 5.41) is 0. The second-order valence-corrected chi connectivity index (χ2v) is 4.30. The predicted octanol–water partition coefficient (Wildman–Crippen LogP) is 3.38. The topological polar surface area (TPSA) is 44.8 Å². The Morgan fingerprint density at radius 2 is 1.53 bits per heavy atom. The van der Waals surface area contributed by atoms with Crippen LogP contribution in [0.15, 0.2) is 0 Å². The van der Waals surface area contributed by atoms with Gasteiger partial charge in [0.15, 0.2) is 0 Å². The lowest BCUT2D eigenvalue weighted by atomic mass is 10.4. The fourth-order valence-electron chi connectivity index (χ4n) is 0.697. The number of rotatable bonds is 8. The Kier molecular flexibility index (Phi) is 6.53. The number of phosphoric acid groups is 1. The van der Waals surface area contributed by atoms with Crippen LogP contribution >= 0.6 is 7.82 Å². The molecule has 17 heavy (non-hydrogen) atoms. The zero-order valence-corrected chi connectivity index (χ0v) is 9.93. The molecule has 4 nitrogen and oxygen atoms in total. The standard InChI is InChI=1S/C7H12F5O4P/c1-3-14-17(13,15-4-2)16-6(10)7(11,12)5(8)9/h5-6H,3-4H2,1-2H3. The molecule has 0 saturated heterocycles. The van der Waals surface area contributed by atoms with Crippen LogP contribution in [0.4, 0.5) is 22.0 Å². The van der Waals surface area contributed by atoms with Gasteiger partial charge >= 0.3 is 20.2 Å². The molecule has 0 aromatic rings. The van der Waals surface area contributed by atoms with Gasteiger partial charge in [0.1, 0.15) is 0 Å². The SMILES string of the molecule is CCOP(=O)(OCC)OC(F)C(F)(F)C(F)F. The summed E-state index contributed by atoms with van der Waals surface area (Å²) in [4.78, 5) is 0. The molecule has 0 heterocycles. The Balaban J connectivity index is 4.72. The number of alkyl halides is 5. The molecule has 0 amide bonds. The van der Waals surface area contributed by atoms with Crippen molar-refractivity contribution in [2.75, 3.05) is 13.2 Å². The average Bonchev–Trinajstić information content (AvgIpc) is 2.17. The minimum Gasteiger partial charge on any atom is -0.287 e. The fraction of sp³-hybridized carbons (Fsp3) is 1.00. The van der Waals surface area contributed by atoms with Gasteiger partial charge in [-0.15, -0.1) is 0 Å². The van der Waals surface area contributed by atoms with Gasteiger partial charge < -0.3 is 0 Å². The molecule has 0 fully saturated rings. The van der Waals surface area contributed by atoms with Crippen LogP contribution in [0.2, 0.25) is 0 Å². The van der Waals surface area contributed by atoms with E-state index in [0.29, 0.717) is 0 Å². The molecule has 1 atom stereocenters. The lowest BCUT2D eigenvalue weighted by Gasteiger charge is -2.23. The Hall–Kier alpha value is -0.240. The molecule has 0 aliphatic heterocycles. The Bertz CT molecular complexity index is 265. The molecule has 0 rings (SSSR count). The average molecular weight is 286 g/mol. The Morgan fingerprint density at radius 3 is 1.82 bits per heavy atom. The van der Waals surface area contributed by atoms with E-state index < -0.39 is 26.5 Å². The summed E-state index contributed by atoms with van der Waals surface area (Å²) in [6, 6.07) is 0. The Morgan fingerprint density at radius 1 is 1.12 bits per heavy atom. The van der Waals surface area contributed by atoms with Crippen LogP contribution < -0.4 is 0 Å². The van der Waals surface area contributed by atoms with E-state index in [2.05, 4.69) is 13.6 Å². The van der Waals surface area contributed by atoms with E-state index in [-0.39, 0.29) is 13.2 Å². The van der Waals surface area contributed by atoms with Crippen LogP contribution in [0.3, 0.4) is 0 Å². The van der Waals surface area contributed by atoms with Gasteiger partial charge in [0.25, 0.3) is 6.36 Å². The van der Waals surface area contributed by atoms with Gasteiger partial charge in [0.2, 0.25) is 0 Å². The summed E-state index contributed by atoms with van der Waals surface area (Å²) < 4.78 is 84.9. The third kappa shape index (κ3) is 4.87. The van der Waals surface area contributed by atoms with E-state index in [4.69, 9.17) is 0 Å². The van der Waals surface area contributed by atoms with Crippen LogP contribution in [0, 0.1) is 0 Å². The molecule has 0 aliphatic rings. The quantitative estimate of drug-likeness (QED) is 0.507. The van der Waals surface area contributed by atoms with E-state index in [1.54, 1.807) is 0 Å². The first-order valence-corrected chi connectivity index (χ1v) is 6.03. The number of hydrogen-bond donors (Lipinski definition) is 0. The number of hydrogen-bond acceptors (Lipinski definition) is 4. The van der Waals surface area contributed by atoms with Crippen molar-refractivity contribution in [1.82, 2.24) is 0 Å². The second-order valence-electron chi connectivity index (χ2n) is 2.68. The second kappa shape index (κ2) is 6.63. The van der Waals surface area contributed by atoms with Gasteiger partial charge in [0, 0.05) is 0 Å². The zero-order valence-electron chi connectivity index (χ0n) is 9.04. The van der Waals surface area contributed by atoms with Crippen molar-refractivity contribution >= 4 is 7.82 Å². The van der Waals surface area contributed by atoms with Gasteiger partial charge in [-0.2, -0.15) is 8.78 Å². The van der Waals surface area contributed by atoms with E-state index >= 15 is 0 Å². The van der Waals surface area contributed by atoms with Gasteiger partial charge in [-0.25, -0.2) is 22.3 Å². The van der Waals surface area contributed by atoms with Crippen LogP contribution in [0.25, 0.3) is 0 Å². The zero-order chi connectivity index (χ0) is 13.7. The third-order valence-corrected chi connectivity index (χ3v) is 2.98. The lowest BCUT2D eigenvalue weighted by Crippen LogP contribution is -2.39. The normalized spacial score (nSPS) is 15.3. The Labute approximate surface area is 94.6 Å². The van der Waals surface area contributed by atoms with E-state index in [0.717, 1.165) is 0 Å². The van der Waals surface area contributed by atoms with E-state index in [1.807, 2.05) is 0 Å². The molecule has 0 aromatic carbocycles. The molecule has 10 heteroatoms. The van der Waals surface area contributed by atoms with Crippen molar-refractivity contribution in [1.29, 1.82) is 0 Å². The molecule has 1 unspecified atom stereocenters. The molecule has 0 spiro atoms. The van der Waals surface area contributed by atoms with E-state index in [1.165, 1.54) is 13.8 Å². The van der Waals surface area contributed by atoms with Crippen LogP contribution in [0.1, 0.15) is 13.8 Å². The molecule has 0 N–H and O–H groups in total. The third-order valence-electron chi connectivity index (χ3n) is 1.39. The first-order chi connectivity index (χ1) is 7.69. The lowest BCUT2D eigenvalue weighted by molar-refractivity contribution is -0.226. The maximum atomic E-state index is 12.8. The molecule has 0 aromatic heterocycles. The number of phosphoric ester groups is 1. The largest absolute Gasteiger partial charge is 0.477 e. The molecule has 0 aliphatic carbocycles. The molecule has 0 bridgehead atoms. The summed E-state index contributed by atoms with van der Waals surface area (Å²) in [7, 11) is -4.60. The van der Waals surface area contributed by atoms with Gasteiger partial charge in [-0.1, -0.05) is 0 Å². The fourth-order valence-corrected chi connectivity index (χ4v) is 1.89. The highest BCUT2D eigenvalue weighted by molar-refractivity contribution is 7.48. The first-order valence-electron chi connectivity index (χ1n) is 4.57. The summed E-state index contributed by atoms with van der Waals surface area (Å²) >= 11 is 0. The van der Waals surface area contributed by atoms with Crippen molar-refractivity contribution in [2.24, 2.45) is 0 Å². The maximum absolute atomic E-state index is 12.8. The van der Waals surface area contributed by atoms with Crippen molar-refractivity contribution < 1.29 is 40.1 Å². The molecule has 104 valence electrons. The van der Waals surface area contributed by atoms with Crippen LogP contribution in [-0.4, -0.2) is 31.9 Å². The van der Waals surface area contributed by atoms with Gasteiger partial charge in [0.05, 0.1) is 13.2 Å². The maximum Gasteiger partial charge on any atom is 0.477 e. The highest BCUT2D eigenvalue weighted by atomic mass is 31.2. The highest BCUT2D eigenvalue weighted by Gasteiger charge is 2.53. The molecular weight excluding hydrogens is 274 g/mol. The van der Waals surface area contributed by atoms with Crippen LogP contribution in [0.5, 0.6) is 0 Å². The molecule has 0 radical (unpaired) electrons. The predicted molar refractivity (Wildman–Crippen MR) is 47.8 cm³/mol. The monoisotopic (exact) mass is 286 g/mol. The van der Waals surface area contributed by atoms with Gasteiger partial charge in [-0.3, -0.25) is 9.05 Å². The molecule has 0 saturated carbocycles. The summed E-state index contributed by atoms with van der Waals surface area (Å²) in [5.74, 6) is -5.09. The highest BCUT2D eigenvalue weighted by Crippen LogP contribution is 2.52. The minimum atomic E-state index is -5.09. The number of halogens is 5. The van der Waals surface area contributed by atoms with Crippen molar-refractivity contribution in [3.8, 4) is 0 Å². The smallest absolute Gasteiger partial charge is 0.287 e. The minimum absolute atomic E-state index is 0.287. The first kappa shape index (κ1) is 16.8. The summed E-state index contributed by atoms with van der Waals surface area (Å²) in [6.07, 6.45) is -8.08.